The van der Waals surface area contributed by atoms with E-state index in [1.807, 2.05) is 69.3 Å². The maximum Gasteiger partial charge on any atom is 0.286 e. The van der Waals surface area contributed by atoms with Crippen molar-refractivity contribution < 1.29 is 14.4 Å². The van der Waals surface area contributed by atoms with Crippen LogP contribution in [0.15, 0.2) is 97.1 Å². The molecule has 3 heterocycles. The van der Waals surface area contributed by atoms with Gasteiger partial charge < -0.3 is 14.5 Å². The number of carbonyl (C=O) groups is 3. The van der Waals surface area contributed by atoms with Gasteiger partial charge in [0.05, 0.1) is 11.7 Å². The number of halogens is 1. The second kappa shape index (κ2) is 12.4. The van der Waals surface area contributed by atoms with E-state index in [0.717, 1.165) is 49.8 Å². The fourth-order valence-electron chi connectivity index (χ4n) is 6.95. The van der Waals surface area contributed by atoms with Crippen LogP contribution in [0.2, 0.25) is 5.02 Å². The van der Waals surface area contributed by atoms with Crippen molar-refractivity contribution in [1.29, 1.82) is 0 Å². The number of nitrogens with one attached hydrogen (secondary N) is 3. The molecule has 1 aliphatic heterocycles. The number of hydrazine groups is 1. The summed E-state index contributed by atoms with van der Waals surface area (Å²) in [6, 6.07) is 29.6. The first-order valence-corrected chi connectivity index (χ1v) is 16.4. The molecule has 0 radical (unpaired) electrons. The highest BCUT2D eigenvalue weighted by molar-refractivity contribution is 6.31. The Morgan fingerprint density at radius 3 is 2.42 bits per heavy atom. The van der Waals surface area contributed by atoms with E-state index < -0.39 is 23.9 Å². The Morgan fingerprint density at radius 1 is 0.917 bits per heavy atom. The van der Waals surface area contributed by atoms with Gasteiger partial charge in [0.25, 0.3) is 17.7 Å². The highest BCUT2D eigenvalue weighted by Gasteiger charge is 2.46. The van der Waals surface area contributed by atoms with Gasteiger partial charge in [-0.1, -0.05) is 91.7 Å². The van der Waals surface area contributed by atoms with Crippen LogP contribution >= 0.6 is 11.6 Å². The first kappa shape index (κ1) is 31.3. The number of aromatic nitrogens is 2. The van der Waals surface area contributed by atoms with Crippen LogP contribution < -0.4 is 10.9 Å². The molecular weight excluding hydrogens is 622 g/mol. The Bertz CT molecular complexity index is 2210. The first-order chi connectivity index (χ1) is 23.1. The van der Waals surface area contributed by atoms with Crippen LogP contribution in [0.25, 0.3) is 33.1 Å². The van der Waals surface area contributed by atoms with Gasteiger partial charge in [0.1, 0.15) is 11.7 Å². The molecule has 3 amide bonds. The van der Waals surface area contributed by atoms with E-state index in [1.54, 1.807) is 34.7 Å². The summed E-state index contributed by atoms with van der Waals surface area (Å²) in [5.74, 6) is -1.11. The van der Waals surface area contributed by atoms with E-state index >= 15 is 0 Å². The van der Waals surface area contributed by atoms with Gasteiger partial charge in [-0.15, -0.1) is 0 Å². The van der Waals surface area contributed by atoms with Gasteiger partial charge in [0.15, 0.2) is 0 Å². The number of para-hydroxylation sites is 1. The average Bonchev–Trinajstić information content (AvgIpc) is 3.71. The monoisotopic (exact) mass is 657 g/mol. The van der Waals surface area contributed by atoms with Crippen molar-refractivity contribution in [3.8, 4) is 11.3 Å². The molecule has 0 saturated heterocycles. The van der Waals surface area contributed by atoms with Crippen LogP contribution in [-0.4, -0.2) is 38.2 Å². The minimum atomic E-state index is -0.888. The summed E-state index contributed by atoms with van der Waals surface area (Å²) in [5.41, 5.74) is 12.7. The van der Waals surface area contributed by atoms with Crippen LogP contribution in [0.4, 0.5) is 0 Å². The summed E-state index contributed by atoms with van der Waals surface area (Å²) < 4.78 is 1.75. The summed E-state index contributed by atoms with van der Waals surface area (Å²) in [5, 5.41) is 2.35. The lowest BCUT2D eigenvalue weighted by Gasteiger charge is -2.34. The number of aryl methyl sites for hydroxylation is 2. The van der Waals surface area contributed by atoms with Crippen molar-refractivity contribution in [2.75, 3.05) is 0 Å². The summed E-state index contributed by atoms with van der Waals surface area (Å²) in [6.45, 7) is 6.09. The molecule has 0 bridgehead atoms. The SMILES string of the molecule is Cc1ccc(-c2[nH]c3ccccc3c2C2c3ccccc3C(=O)N2C(CC(C)C)C(=O)NNC(=O)c2cc3cc(Cl)ccc3n2C)cc1. The highest BCUT2D eigenvalue weighted by atomic mass is 35.5. The molecule has 2 atom stereocenters. The Balaban J connectivity index is 1.29. The zero-order valence-electron chi connectivity index (χ0n) is 27.2. The second-order valence-corrected chi connectivity index (χ2v) is 13.3. The van der Waals surface area contributed by atoms with Crippen molar-refractivity contribution in [1.82, 2.24) is 25.3 Å². The predicted molar refractivity (Wildman–Crippen MR) is 190 cm³/mol. The number of rotatable bonds is 7. The zero-order chi connectivity index (χ0) is 33.7. The number of amides is 3. The van der Waals surface area contributed by atoms with Crippen LogP contribution in [0.5, 0.6) is 0 Å². The van der Waals surface area contributed by atoms with Gasteiger partial charge in [0.2, 0.25) is 0 Å². The molecule has 3 N–H and O–H groups in total. The molecule has 1 aliphatic rings. The number of benzene rings is 4. The fraction of sp³-hybridized carbons (Fsp3) is 0.205. The average molecular weight is 658 g/mol. The molecule has 9 heteroatoms. The van der Waals surface area contributed by atoms with Crippen molar-refractivity contribution in [2.24, 2.45) is 13.0 Å². The van der Waals surface area contributed by atoms with E-state index in [4.69, 9.17) is 11.6 Å². The van der Waals surface area contributed by atoms with Crippen molar-refractivity contribution in [2.45, 2.75) is 39.3 Å². The third-order valence-corrected chi connectivity index (χ3v) is 9.46. The van der Waals surface area contributed by atoms with Gasteiger partial charge in [-0.2, -0.15) is 0 Å². The van der Waals surface area contributed by atoms with Crippen LogP contribution in [0, 0.1) is 12.8 Å². The maximum atomic E-state index is 14.4. The Hall–Kier alpha value is -5.34. The molecular formula is C39H36ClN5O3. The molecule has 0 saturated carbocycles. The molecule has 4 aromatic carbocycles. The molecule has 0 spiro atoms. The molecule has 0 aliphatic carbocycles. The maximum absolute atomic E-state index is 14.4. The number of fused-ring (bicyclic) bond motifs is 3. The molecule has 48 heavy (non-hydrogen) atoms. The third kappa shape index (κ3) is 5.42. The van der Waals surface area contributed by atoms with E-state index in [9.17, 15) is 14.4 Å². The Labute approximate surface area is 283 Å². The molecule has 2 unspecified atom stereocenters. The van der Waals surface area contributed by atoms with E-state index in [2.05, 4.69) is 46.2 Å². The highest BCUT2D eigenvalue weighted by Crippen LogP contribution is 2.47. The summed E-state index contributed by atoms with van der Waals surface area (Å²) in [7, 11) is 1.78. The quantitative estimate of drug-likeness (QED) is 0.153. The van der Waals surface area contributed by atoms with Gasteiger partial charge in [-0.05, 0) is 66.8 Å². The first-order valence-electron chi connectivity index (χ1n) is 16.1. The minimum Gasteiger partial charge on any atom is -0.354 e. The number of carbonyl (C=O) groups excluding carboxylic acids is 3. The number of aromatic amines is 1. The number of H-pyrrole nitrogens is 1. The van der Waals surface area contributed by atoms with E-state index in [-0.39, 0.29) is 11.8 Å². The van der Waals surface area contributed by atoms with E-state index in [0.29, 0.717) is 22.7 Å². The van der Waals surface area contributed by atoms with Gasteiger partial charge in [-0.3, -0.25) is 25.2 Å². The molecule has 0 fully saturated rings. The standard InChI is InChI=1S/C39H36ClN5O3/c1-22(2)19-33(38(47)43-42-37(46)32-21-25-20-26(40)17-18-31(25)44(32)4)45-36(27-9-5-6-10-28(27)39(45)48)34-29-11-7-8-12-30(29)41-35(34)24-15-13-23(3)14-16-24/h5-18,20-22,33,36,41H,19H2,1-4H3,(H,42,46)(H,43,47). The zero-order valence-corrected chi connectivity index (χ0v) is 27.9. The topological polar surface area (TPSA) is 99.2 Å². The summed E-state index contributed by atoms with van der Waals surface area (Å²) in [6.07, 6.45) is 0.382. The van der Waals surface area contributed by atoms with Crippen molar-refractivity contribution in [3.05, 3.63) is 130 Å². The third-order valence-electron chi connectivity index (χ3n) is 9.23. The largest absolute Gasteiger partial charge is 0.354 e. The fourth-order valence-corrected chi connectivity index (χ4v) is 7.13. The van der Waals surface area contributed by atoms with Gasteiger partial charge >= 0.3 is 0 Å². The lowest BCUT2D eigenvalue weighted by atomic mass is 9.91. The second-order valence-electron chi connectivity index (χ2n) is 12.9. The Kier molecular flexibility index (Phi) is 8.05. The van der Waals surface area contributed by atoms with E-state index in [1.165, 1.54) is 0 Å². The smallest absolute Gasteiger partial charge is 0.286 e. The number of hydrogen-bond acceptors (Lipinski definition) is 3. The predicted octanol–water partition coefficient (Wildman–Crippen LogP) is 7.71. The van der Waals surface area contributed by atoms with Crippen molar-refractivity contribution >= 4 is 51.1 Å². The lowest BCUT2D eigenvalue weighted by Crippen LogP contribution is -2.54. The summed E-state index contributed by atoms with van der Waals surface area (Å²) in [4.78, 5) is 47.4. The molecule has 8 nitrogen and oxygen atoms in total. The van der Waals surface area contributed by atoms with Crippen LogP contribution in [0.1, 0.15) is 63.8 Å². The van der Waals surface area contributed by atoms with Gasteiger partial charge in [0, 0.05) is 45.0 Å². The molecule has 7 rings (SSSR count). The normalized spacial score (nSPS) is 14.9. The lowest BCUT2D eigenvalue weighted by molar-refractivity contribution is -0.127. The molecule has 2 aromatic heterocycles. The number of nitrogens with zero attached hydrogens (tertiary/aromatic N) is 2. The van der Waals surface area contributed by atoms with Crippen molar-refractivity contribution in [3.63, 3.8) is 0 Å². The Morgan fingerprint density at radius 2 is 1.65 bits per heavy atom. The van der Waals surface area contributed by atoms with Crippen LogP contribution in [0.3, 0.4) is 0 Å². The number of hydrogen-bond donors (Lipinski definition) is 3. The minimum absolute atomic E-state index is 0.0658. The molecule has 6 aromatic rings. The van der Waals surface area contributed by atoms with Crippen LogP contribution in [-0.2, 0) is 11.8 Å². The van der Waals surface area contributed by atoms with Gasteiger partial charge in [-0.25, -0.2) is 0 Å². The summed E-state index contributed by atoms with van der Waals surface area (Å²) >= 11 is 6.18. The molecule has 242 valence electrons.